The third-order valence-electron chi connectivity index (χ3n) is 5.81. The highest BCUT2D eigenvalue weighted by Gasteiger charge is 2.35. The van der Waals surface area contributed by atoms with Crippen LogP contribution in [0.5, 0.6) is 0 Å². The zero-order valence-corrected chi connectivity index (χ0v) is 17.8. The van der Waals surface area contributed by atoms with Crippen LogP contribution in [0.25, 0.3) is 21.8 Å². The minimum Gasteiger partial charge on any atom is -0.372 e. The Morgan fingerprint density at radius 1 is 1.03 bits per heavy atom. The number of imide groups is 1. The van der Waals surface area contributed by atoms with Crippen LogP contribution in [-0.4, -0.2) is 35.1 Å². The van der Waals surface area contributed by atoms with Crippen molar-refractivity contribution >= 4 is 39.3 Å². The molecule has 0 unspecified atom stereocenters. The van der Waals surface area contributed by atoms with Crippen LogP contribution >= 0.6 is 0 Å². The second-order valence-corrected chi connectivity index (χ2v) is 7.71. The molecule has 2 heterocycles. The van der Waals surface area contributed by atoms with E-state index in [1.807, 2.05) is 13.0 Å². The van der Waals surface area contributed by atoms with Gasteiger partial charge in [0, 0.05) is 36.2 Å². The lowest BCUT2D eigenvalue weighted by Gasteiger charge is -2.28. The molecule has 0 radical (unpaired) electrons. The first kappa shape index (κ1) is 19.8. The van der Waals surface area contributed by atoms with Gasteiger partial charge < -0.3 is 9.72 Å². The SMILES string of the molecule is COCC#Cc1ccc2c3c(cccc13)C(=O)N(c1cc3[nH]c(=O)n(C)c3cc1C)C2=O. The Labute approximate surface area is 183 Å². The number of aromatic amines is 1. The van der Waals surface area contributed by atoms with Crippen molar-refractivity contribution in [3.63, 3.8) is 0 Å². The van der Waals surface area contributed by atoms with Crippen LogP contribution in [0.4, 0.5) is 5.69 Å². The summed E-state index contributed by atoms with van der Waals surface area (Å²) < 4.78 is 6.49. The van der Waals surface area contributed by atoms with Gasteiger partial charge >= 0.3 is 5.69 Å². The molecule has 0 atom stereocenters. The molecule has 0 bridgehead atoms. The fourth-order valence-electron chi connectivity index (χ4n) is 4.24. The van der Waals surface area contributed by atoms with E-state index in [0.29, 0.717) is 38.8 Å². The number of benzene rings is 3. The third kappa shape index (κ3) is 2.77. The van der Waals surface area contributed by atoms with Crippen molar-refractivity contribution in [1.82, 2.24) is 9.55 Å². The smallest absolute Gasteiger partial charge is 0.326 e. The van der Waals surface area contributed by atoms with Gasteiger partial charge in [-0.3, -0.25) is 14.2 Å². The fraction of sp³-hybridized carbons (Fsp3) is 0.160. The van der Waals surface area contributed by atoms with E-state index in [1.54, 1.807) is 50.6 Å². The number of hydrogen-bond donors (Lipinski definition) is 1. The van der Waals surface area contributed by atoms with Crippen molar-refractivity contribution in [3.8, 4) is 11.8 Å². The van der Waals surface area contributed by atoms with Gasteiger partial charge in [-0.15, -0.1) is 0 Å². The van der Waals surface area contributed by atoms with Gasteiger partial charge in [-0.2, -0.15) is 0 Å². The summed E-state index contributed by atoms with van der Waals surface area (Å²) in [7, 11) is 3.24. The van der Waals surface area contributed by atoms with Crippen molar-refractivity contribution in [2.75, 3.05) is 18.6 Å². The Morgan fingerprint density at radius 2 is 1.78 bits per heavy atom. The highest BCUT2D eigenvalue weighted by atomic mass is 16.5. The number of anilines is 1. The lowest BCUT2D eigenvalue weighted by Crippen LogP contribution is -2.40. The first-order valence-electron chi connectivity index (χ1n) is 10.0. The average Bonchev–Trinajstić information content (AvgIpc) is 3.05. The van der Waals surface area contributed by atoms with Crippen LogP contribution in [0.3, 0.4) is 0 Å². The zero-order chi connectivity index (χ0) is 22.6. The predicted molar refractivity (Wildman–Crippen MR) is 122 cm³/mol. The number of amides is 2. The molecule has 1 aromatic heterocycles. The average molecular weight is 425 g/mol. The molecular formula is C25H19N3O4. The monoisotopic (exact) mass is 425 g/mol. The third-order valence-corrected chi connectivity index (χ3v) is 5.81. The molecule has 4 aromatic rings. The number of ether oxygens (including phenoxy) is 1. The van der Waals surface area contributed by atoms with Crippen LogP contribution in [0.1, 0.15) is 31.8 Å². The molecule has 5 rings (SSSR count). The Bertz CT molecular complexity index is 1560. The number of H-pyrrole nitrogens is 1. The Kier molecular flexibility index (Phi) is 4.47. The predicted octanol–water partition coefficient (Wildman–Crippen LogP) is 3.13. The van der Waals surface area contributed by atoms with E-state index >= 15 is 0 Å². The van der Waals surface area contributed by atoms with E-state index in [9.17, 15) is 14.4 Å². The topological polar surface area (TPSA) is 84.4 Å². The van der Waals surface area contributed by atoms with E-state index in [0.717, 1.165) is 10.9 Å². The van der Waals surface area contributed by atoms with Crippen molar-refractivity contribution < 1.29 is 14.3 Å². The van der Waals surface area contributed by atoms with Crippen LogP contribution in [0, 0.1) is 18.8 Å². The lowest BCUT2D eigenvalue weighted by molar-refractivity contribution is 0.0893. The van der Waals surface area contributed by atoms with Crippen LogP contribution in [-0.2, 0) is 11.8 Å². The first-order chi connectivity index (χ1) is 15.4. The van der Waals surface area contributed by atoms with E-state index in [4.69, 9.17) is 4.74 Å². The summed E-state index contributed by atoms with van der Waals surface area (Å²) in [4.78, 5) is 43.0. The Balaban J connectivity index is 1.71. The molecular weight excluding hydrogens is 406 g/mol. The Hall–Kier alpha value is -4.15. The maximum atomic E-state index is 13.5. The molecule has 1 aliphatic rings. The highest BCUT2D eigenvalue weighted by molar-refractivity contribution is 6.36. The Morgan fingerprint density at radius 3 is 2.53 bits per heavy atom. The molecule has 1 N–H and O–H groups in total. The van der Waals surface area contributed by atoms with E-state index in [-0.39, 0.29) is 12.3 Å². The number of nitrogens with zero attached hydrogens (tertiary/aromatic N) is 2. The summed E-state index contributed by atoms with van der Waals surface area (Å²) in [5, 5.41) is 1.36. The van der Waals surface area contributed by atoms with Crippen LogP contribution < -0.4 is 10.6 Å². The fourth-order valence-corrected chi connectivity index (χ4v) is 4.24. The quantitative estimate of drug-likeness (QED) is 0.395. The maximum absolute atomic E-state index is 13.5. The molecule has 2 amide bonds. The number of carbonyl (C=O) groups excluding carboxylic acids is 2. The number of rotatable bonds is 2. The largest absolute Gasteiger partial charge is 0.372 e. The molecule has 0 spiro atoms. The summed E-state index contributed by atoms with van der Waals surface area (Å²) in [6, 6.07) is 12.4. The van der Waals surface area contributed by atoms with Gasteiger partial charge in [0.15, 0.2) is 0 Å². The van der Waals surface area contributed by atoms with Crippen LogP contribution in [0.2, 0.25) is 0 Å². The van der Waals surface area contributed by atoms with Crippen molar-refractivity contribution in [3.05, 3.63) is 75.2 Å². The molecule has 7 heteroatoms. The lowest BCUT2D eigenvalue weighted by atomic mass is 9.91. The number of aryl methyl sites for hydroxylation is 2. The molecule has 3 aromatic carbocycles. The van der Waals surface area contributed by atoms with Gasteiger partial charge in [0.05, 0.1) is 16.7 Å². The van der Waals surface area contributed by atoms with Crippen LogP contribution in [0.15, 0.2) is 47.3 Å². The van der Waals surface area contributed by atoms with E-state index < -0.39 is 11.8 Å². The second kappa shape index (κ2) is 7.22. The molecule has 0 saturated carbocycles. The zero-order valence-electron chi connectivity index (χ0n) is 17.8. The van der Waals surface area contributed by atoms with Gasteiger partial charge in [-0.1, -0.05) is 24.0 Å². The number of aromatic nitrogens is 2. The number of nitrogens with one attached hydrogen (secondary N) is 1. The summed E-state index contributed by atoms with van der Waals surface area (Å²) in [6.07, 6.45) is 0. The number of imidazole rings is 1. The molecule has 0 fully saturated rings. The minimum absolute atomic E-state index is 0.259. The molecule has 32 heavy (non-hydrogen) atoms. The molecule has 7 nitrogen and oxygen atoms in total. The molecule has 0 aliphatic carbocycles. The van der Waals surface area contributed by atoms with Crippen molar-refractivity contribution in [2.45, 2.75) is 6.92 Å². The number of carbonyl (C=O) groups is 2. The van der Waals surface area contributed by atoms with E-state index in [2.05, 4.69) is 16.8 Å². The van der Waals surface area contributed by atoms with Gasteiger partial charge in [-0.25, -0.2) is 9.69 Å². The minimum atomic E-state index is -0.407. The molecule has 1 aliphatic heterocycles. The van der Waals surface area contributed by atoms with Crippen molar-refractivity contribution in [2.24, 2.45) is 7.05 Å². The number of methoxy groups -OCH3 is 1. The highest BCUT2D eigenvalue weighted by Crippen LogP contribution is 2.36. The summed E-state index contributed by atoms with van der Waals surface area (Å²) >= 11 is 0. The second-order valence-electron chi connectivity index (χ2n) is 7.71. The molecule has 158 valence electrons. The maximum Gasteiger partial charge on any atom is 0.326 e. The molecule has 0 saturated heterocycles. The summed E-state index contributed by atoms with van der Waals surface area (Å²) in [5.41, 5.74) is 3.78. The van der Waals surface area contributed by atoms with Gasteiger partial charge in [-0.05, 0) is 48.2 Å². The number of fused-ring (bicyclic) bond motifs is 1. The van der Waals surface area contributed by atoms with Crippen molar-refractivity contribution in [1.29, 1.82) is 0 Å². The summed E-state index contributed by atoms with van der Waals surface area (Å²) in [6.45, 7) is 2.11. The standard InChI is InChI=1S/C25H19N3O4/c1-14-12-21-19(26-25(31)27(21)2)13-20(14)28-23(29)17-8-4-7-16-15(6-5-11-32-3)9-10-18(22(16)17)24(28)30/h4,7-10,12-13H,11H2,1-3H3,(H,26,31). The normalized spacial score (nSPS) is 13.0. The van der Waals surface area contributed by atoms with E-state index in [1.165, 1.54) is 9.47 Å². The van der Waals surface area contributed by atoms with Gasteiger partial charge in [0.1, 0.15) is 6.61 Å². The first-order valence-corrected chi connectivity index (χ1v) is 10.0. The van der Waals surface area contributed by atoms with Gasteiger partial charge in [0.2, 0.25) is 0 Å². The number of hydrogen-bond acceptors (Lipinski definition) is 4. The van der Waals surface area contributed by atoms with Gasteiger partial charge in [0.25, 0.3) is 11.8 Å². The summed E-state index contributed by atoms with van der Waals surface area (Å²) in [5.74, 6) is 5.16.